The molecule has 12 heteroatoms. The van der Waals surface area contributed by atoms with E-state index in [1.807, 2.05) is 68.7 Å². The zero-order valence-electron chi connectivity index (χ0n) is 28.1. The summed E-state index contributed by atoms with van der Waals surface area (Å²) in [5.41, 5.74) is 2.94. The Labute approximate surface area is 288 Å². The first-order chi connectivity index (χ1) is 22.1. The van der Waals surface area contributed by atoms with Crippen molar-refractivity contribution in [2.45, 2.75) is 87.4 Å². The third kappa shape index (κ3) is 9.99. The number of aliphatic hydroxyl groups is 1. The topological polar surface area (TPSA) is 128 Å². The minimum Gasteiger partial charge on any atom is -0.392 e. The molecule has 2 aliphatic rings. The summed E-state index contributed by atoms with van der Waals surface area (Å²) in [4.78, 5) is 31.3. The van der Waals surface area contributed by atoms with Crippen molar-refractivity contribution in [3.8, 4) is 0 Å². The number of anilines is 2. The van der Waals surface area contributed by atoms with Gasteiger partial charge in [0.25, 0.3) is 5.91 Å². The van der Waals surface area contributed by atoms with Crippen LogP contribution in [0.5, 0.6) is 0 Å². The zero-order chi connectivity index (χ0) is 34.5. The Morgan fingerprint density at radius 1 is 1.13 bits per heavy atom. The highest BCUT2D eigenvalue weighted by Crippen LogP contribution is 2.38. The summed E-state index contributed by atoms with van der Waals surface area (Å²) in [7, 11) is -2.49. The second-order valence-electron chi connectivity index (χ2n) is 13.6. The Morgan fingerprint density at radius 3 is 2.51 bits per heavy atom. The molecule has 1 heterocycles. The molecule has 0 unspecified atom stereocenters. The van der Waals surface area contributed by atoms with Crippen molar-refractivity contribution in [3.05, 3.63) is 65.8 Å². The molecule has 9 nitrogen and oxygen atoms in total. The number of β-amino-alcohol motifs (C(OH)–C–C–N with tert-alkyl or cyclic N) is 1. The van der Waals surface area contributed by atoms with Crippen molar-refractivity contribution in [1.82, 2.24) is 10.6 Å². The van der Waals surface area contributed by atoms with Crippen molar-refractivity contribution < 1.29 is 23.1 Å². The average molecular weight is 699 g/mol. The molecule has 4 rings (SSSR count). The first-order valence-electron chi connectivity index (χ1n) is 15.6. The van der Waals surface area contributed by atoms with Crippen molar-refractivity contribution in [2.75, 3.05) is 35.3 Å². The van der Waals surface area contributed by atoms with Crippen LogP contribution < -0.4 is 20.9 Å². The lowest BCUT2D eigenvalue weighted by atomic mass is 9.91. The van der Waals surface area contributed by atoms with Gasteiger partial charge in [-0.3, -0.25) is 9.59 Å². The van der Waals surface area contributed by atoms with Crippen LogP contribution in [-0.4, -0.2) is 78.5 Å². The molecule has 1 aliphatic carbocycles. The maximum absolute atomic E-state index is 14.2. The van der Waals surface area contributed by atoms with E-state index in [1.165, 1.54) is 11.8 Å². The Morgan fingerprint density at radius 2 is 1.85 bits per heavy atom. The molecule has 2 aromatic carbocycles. The van der Waals surface area contributed by atoms with E-state index in [2.05, 4.69) is 42.8 Å². The molecule has 0 saturated carbocycles. The first kappa shape index (κ1) is 36.8. The van der Waals surface area contributed by atoms with Crippen LogP contribution >= 0.6 is 23.5 Å². The quantitative estimate of drug-likeness (QED) is 0.186. The highest BCUT2D eigenvalue weighted by atomic mass is 32.2. The summed E-state index contributed by atoms with van der Waals surface area (Å²) >= 11 is 3.13. The number of benzene rings is 2. The van der Waals surface area contributed by atoms with Crippen molar-refractivity contribution in [2.24, 2.45) is 0 Å². The fourth-order valence-electron chi connectivity index (χ4n) is 5.50. The number of hydrogen-bond donors (Lipinski definition) is 4. The van der Waals surface area contributed by atoms with Crippen molar-refractivity contribution in [1.29, 1.82) is 0 Å². The number of carbonyl (C=O) groups excluding carboxylic acids is 2. The molecular formula is C35H46N4O5S3. The van der Waals surface area contributed by atoms with E-state index in [1.54, 1.807) is 23.6 Å². The van der Waals surface area contributed by atoms with E-state index >= 15 is 0 Å². The molecule has 0 aromatic heterocycles. The van der Waals surface area contributed by atoms with E-state index in [4.69, 9.17) is 0 Å². The maximum atomic E-state index is 14.2. The second-order valence-corrected chi connectivity index (χ2v) is 16.5. The highest BCUT2D eigenvalue weighted by Gasteiger charge is 2.34. The van der Waals surface area contributed by atoms with Gasteiger partial charge in [0.1, 0.15) is 6.04 Å². The van der Waals surface area contributed by atoms with Gasteiger partial charge in [0.2, 0.25) is 16.2 Å². The molecular weight excluding hydrogens is 653 g/mol. The lowest BCUT2D eigenvalue weighted by molar-refractivity contribution is -0.127. The van der Waals surface area contributed by atoms with Crippen molar-refractivity contribution in [3.63, 3.8) is 0 Å². The normalized spacial score (nSPS) is 17.7. The van der Waals surface area contributed by atoms with E-state index in [0.717, 1.165) is 32.3 Å². The summed E-state index contributed by atoms with van der Waals surface area (Å²) in [6, 6.07) is 12.8. The number of nitrogens with one attached hydrogen (secondary N) is 3. The fraction of sp³-hybridized carbons (Fsp3) is 0.457. The molecule has 0 fully saturated rings. The van der Waals surface area contributed by atoms with Gasteiger partial charge >= 0.3 is 0 Å². The monoisotopic (exact) mass is 698 g/mol. The first-order valence-corrected chi connectivity index (χ1v) is 18.9. The van der Waals surface area contributed by atoms with Crippen LogP contribution in [0, 0.1) is 0 Å². The number of aliphatic hydroxyl groups excluding tert-OH is 1. The van der Waals surface area contributed by atoms with Crippen LogP contribution in [0.1, 0.15) is 59.9 Å². The molecule has 47 heavy (non-hydrogen) atoms. The molecule has 4 N–H and O–H groups in total. The lowest BCUT2D eigenvalue weighted by Crippen LogP contribution is -2.52. The Bertz CT molecular complexity index is 1700. The number of amides is 2. The van der Waals surface area contributed by atoms with E-state index in [0.29, 0.717) is 17.9 Å². The maximum Gasteiger partial charge on any atom is 0.250 e. The molecule has 254 valence electrons. The van der Waals surface area contributed by atoms with Gasteiger partial charge in [-0.25, -0.2) is 0 Å². The predicted octanol–water partition coefficient (Wildman–Crippen LogP) is 5.15. The smallest absolute Gasteiger partial charge is 0.250 e. The summed E-state index contributed by atoms with van der Waals surface area (Å²) in [5.74, 6) is -0.167. The van der Waals surface area contributed by atoms with Gasteiger partial charge in [-0.2, -0.15) is 8.42 Å². The SMILES string of the molecule is CSc1ccc2c(c1)SC[C@@H](NC(=O)CC(C)(C)NC[C@@H](C)O)C(=O)N2CC1=CC=C(c2ccccc2NC(C)(C)C)C(=S(=O)=O)C1. The van der Waals surface area contributed by atoms with E-state index in [-0.39, 0.29) is 41.6 Å². The van der Waals surface area contributed by atoms with Gasteiger partial charge in [0.15, 0.2) is 0 Å². The van der Waals surface area contributed by atoms with E-state index < -0.39 is 28.0 Å². The van der Waals surface area contributed by atoms with Crippen LogP contribution in [0.15, 0.2) is 70.0 Å². The second kappa shape index (κ2) is 15.5. The third-order valence-corrected chi connectivity index (χ3v) is 10.3. The number of allylic oxidation sites excluding steroid dienone is 3. The number of hydrogen-bond acceptors (Lipinski definition) is 9. The standard InChI is InChI=1S/C35H46N4O5S3/c1-22(40)19-36-35(5,6)18-32(41)37-28-21-46-30-17-24(45-7)13-15-29(30)39(33(28)42)20-23-12-14-26(31(16-23)47(43)44)25-10-8-9-11-27(25)38-34(2,3)4/h8-15,17,22,28,36,38,40H,16,18-21H2,1-7H3,(H,37,41)/t22-,28-/m1/s1. The molecule has 0 bridgehead atoms. The Balaban J connectivity index is 1.66. The van der Waals surface area contributed by atoms with Gasteiger partial charge in [-0.05, 0) is 77.6 Å². The molecule has 1 aliphatic heterocycles. The Hall–Kier alpha value is -3.03. The number of nitrogens with zero attached hydrogens (tertiary/aromatic N) is 1. The van der Waals surface area contributed by atoms with Gasteiger partial charge in [0, 0.05) is 69.4 Å². The number of carbonyl (C=O) groups is 2. The minimum absolute atomic E-state index is 0.121. The van der Waals surface area contributed by atoms with Gasteiger partial charge in [0.05, 0.1) is 16.7 Å². The number of fused-ring (bicyclic) bond motifs is 1. The van der Waals surface area contributed by atoms with Crippen LogP contribution in [0.4, 0.5) is 11.4 Å². The fourth-order valence-corrected chi connectivity index (χ4v) is 7.78. The molecule has 2 amide bonds. The summed E-state index contributed by atoms with van der Waals surface area (Å²) in [5, 5.41) is 19.3. The summed E-state index contributed by atoms with van der Waals surface area (Å²) in [6.45, 7) is 12.1. The Kier molecular flexibility index (Phi) is 12.1. The van der Waals surface area contributed by atoms with Gasteiger partial charge in [-0.1, -0.05) is 30.4 Å². The molecule has 2 atom stereocenters. The van der Waals surface area contributed by atoms with Crippen LogP contribution in [-0.2, 0) is 19.9 Å². The average Bonchev–Trinajstić information content (AvgIpc) is 3.11. The highest BCUT2D eigenvalue weighted by molar-refractivity contribution is 8.00. The van der Waals surface area contributed by atoms with Crippen LogP contribution in [0.25, 0.3) is 5.57 Å². The predicted molar refractivity (Wildman–Crippen MR) is 196 cm³/mol. The van der Waals surface area contributed by atoms with Crippen LogP contribution in [0.3, 0.4) is 0 Å². The molecule has 0 spiro atoms. The number of para-hydroxylation sites is 1. The summed E-state index contributed by atoms with van der Waals surface area (Å²) in [6.07, 6.45) is 5.45. The van der Waals surface area contributed by atoms with Crippen molar-refractivity contribution >= 4 is 67.4 Å². The summed E-state index contributed by atoms with van der Waals surface area (Å²) < 4.78 is 25.3. The number of thioether (sulfide) groups is 2. The third-order valence-electron chi connectivity index (χ3n) is 7.70. The molecule has 2 aromatic rings. The molecule has 0 saturated heterocycles. The van der Waals surface area contributed by atoms with Crippen LogP contribution in [0.2, 0.25) is 0 Å². The number of rotatable bonds is 11. The zero-order valence-corrected chi connectivity index (χ0v) is 30.6. The van der Waals surface area contributed by atoms with Gasteiger partial charge in [-0.15, -0.1) is 23.5 Å². The molecule has 0 radical (unpaired) electrons. The largest absolute Gasteiger partial charge is 0.392 e. The lowest BCUT2D eigenvalue weighted by Gasteiger charge is -2.30. The van der Waals surface area contributed by atoms with E-state index in [9.17, 15) is 23.1 Å². The minimum atomic E-state index is -2.49. The van der Waals surface area contributed by atoms with Gasteiger partial charge < -0.3 is 26.0 Å².